The van der Waals surface area contributed by atoms with Gasteiger partial charge in [-0.05, 0) is 35.7 Å². The van der Waals surface area contributed by atoms with Crippen molar-refractivity contribution >= 4 is 5.69 Å². The van der Waals surface area contributed by atoms with Crippen LogP contribution in [-0.4, -0.2) is 0 Å². The van der Waals surface area contributed by atoms with Crippen molar-refractivity contribution in [3.63, 3.8) is 0 Å². The van der Waals surface area contributed by atoms with Crippen molar-refractivity contribution in [3.05, 3.63) is 65.2 Å². The van der Waals surface area contributed by atoms with Crippen LogP contribution in [0.4, 0.5) is 18.9 Å². The van der Waals surface area contributed by atoms with Gasteiger partial charge in [0.05, 0.1) is 5.56 Å². The molecule has 0 saturated carbocycles. The summed E-state index contributed by atoms with van der Waals surface area (Å²) in [7, 11) is 0. The molecule has 0 fully saturated rings. The van der Waals surface area contributed by atoms with Crippen LogP contribution >= 0.6 is 0 Å². The first kappa shape index (κ1) is 15.4. The van der Waals surface area contributed by atoms with Gasteiger partial charge in [-0.25, -0.2) is 0 Å². The maximum atomic E-state index is 12.5. The van der Waals surface area contributed by atoms with Gasteiger partial charge in [-0.2, -0.15) is 13.2 Å². The molecule has 0 aromatic heterocycles. The summed E-state index contributed by atoms with van der Waals surface area (Å²) >= 11 is 0. The molecule has 0 atom stereocenters. The van der Waals surface area contributed by atoms with Gasteiger partial charge >= 0.3 is 6.18 Å². The van der Waals surface area contributed by atoms with Gasteiger partial charge in [-0.3, -0.25) is 0 Å². The molecule has 0 radical (unpaired) electrons. The number of aryl methyl sites for hydroxylation is 1. The SMILES string of the molecule is CCCc1ccccc1NCc1ccc(C(F)(F)F)cc1. The number of hydrogen-bond acceptors (Lipinski definition) is 1. The number of rotatable bonds is 5. The summed E-state index contributed by atoms with van der Waals surface area (Å²) in [6, 6.07) is 13.3. The van der Waals surface area contributed by atoms with Crippen LogP contribution in [0.2, 0.25) is 0 Å². The van der Waals surface area contributed by atoms with E-state index in [0.717, 1.165) is 36.2 Å². The Balaban J connectivity index is 2.03. The number of benzene rings is 2. The Morgan fingerprint density at radius 3 is 2.24 bits per heavy atom. The Morgan fingerprint density at radius 2 is 1.62 bits per heavy atom. The number of para-hydroxylation sites is 1. The number of nitrogens with one attached hydrogen (secondary N) is 1. The summed E-state index contributed by atoms with van der Waals surface area (Å²) < 4.78 is 37.5. The molecule has 2 aromatic carbocycles. The topological polar surface area (TPSA) is 12.0 Å². The van der Waals surface area contributed by atoms with Crippen LogP contribution in [0.15, 0.2) is 48.5 Å². The lowest BCUT2D eigenvalue weighted by Gasteiger charge is -2.12. The van der Waals surface area contributed by atoms with Gasteiger partial charge in [0.2, 0.25) is 0 Å². The van der Waals surface area contributed by atoms with E-state index in [1.54, 1.807) is 0 Å². The van der Waals surface area contributed by atoms with Crippen LogP contribution in [0.5, 0.6) is 0 Å². The van der Waals surface area contributed by atoms with E-state index < -0.39 is 11.7 Å². The van der Waals surface area contributed by atoms with Crippen molar-refractivity contribution in [2.75, 3.05) is 5.32 Å². The van der Waals surface area contributed by atoms with Crippen LogP contribution < -0.4 is 5.32 Å². The summed E-state index contributed by atoms with van der Waals surface area (Å²) in [5.74, 6) is 0. The first-order chi connectivity index (χ1) is 10.0. The molecule has 0 unspecified atom stereocenters. The van der Waals surface area contributed by atoms with Gasteiger partial charge < -0.3 is 5.32 Å². The van der Waals surface area contributed by atoms with E-state index in [9.17, 15) is 13.2 Å². The highest BCUT2D eigenvalue weighted by Crippen LogP contribution is 2.29. The van der Waals surface area contributed by atoms with Crippen LogP contribution in [-0.2, 0) is 19.1 Å². The Morgan fingerprint density at radius 1 is 0.952 bits per heavy atom. The third kappa shape index (κ3) is 4.25. The lowest BCUT2D eigenvalue weighted by molar-refractivity contribution is -0.137. The highest BCUT2D eigenvalue weighted by molar-refractivity contribution is 5.51. The van der Waals surface area contributed by atoms with Crippen LogP contribution in [0.1, 0.15) is 30.0 Å². The normalized spacial score (nSPS) is 11.4. The Hall–Kier alpha value is -1.97. The number of hydrogen-bond donors (Lipinski definition) is 1. The van der Waals surface area contributed by atoms with Crippen molar-refractivity contribution < 1.29 is 13.2 Å². The van der Waals surface area contributed by atoms with Gasteiger partial charge in [-0.1, -0.05) is 43.7 Å². The smallest absolute Gasteiger partial charge is 0.381 e. The average Bonchev–Trinajstić information content (AvgIpc) is 2.46. The van der Waals surface area contributed by atoms with E-state index >= 15 is 0 Å². The van der Waals surface area contributed by atoms with Crippen LogP contribution in [0.3, 0.4) is 0 Å². The Kier molecular flexibility index (Phi) is 4.89. The fourth-order valence-corrected chi connectivity index (χ4v) is 2.19. The first-order valence-corrected chi connectivity index (χ1v) is 6.98. The fraction of sp³-hybridized carbons (Fsp3) is 0.294. The summed E-state index contributed by atoms with van der Waals surface area (Å²) in [4.78, 5) is 0. The van der Waals surface area contributed by atoms with E-state index in [1.807, 2.05) is 18.2 Å². The first-order valence-electron chi connectivity index (χ1n) is 6.98. The zero-order valence-electron chi connectivity index (χ0n) is 11.9. The van der Waals surface area contributed by atoms with E-state index in [4.69, 9.17) is 0 Å². The zero-order valence-corrected chi connectivity index (χ0v) is 11.9. The average molecular weight is 293 g/mol. The Bertz CT molecular complexity index is 573. The standard InChI is InChI=1S/C17H18F3N/c1-2-5-14-6-3-4-7-16(14)21-12-13-8-10-15(11-9-13)17(18,19)20/h3-4,6-11,21H,2,5,12H2,1H3. The molecule has 0 aliphatic rings. The number of alkyl halides is 3. The summed E-state index contributed by atoms with van der Waals surface area (Å²) in [5, 5.41) is 3.29. The molecular weight excluding hydrogens is 275 g/mol. The van der Waals surface area contributed by atoms with Crippen molar-refractivity contribution in [2.24, 2.45) is 0 Å². The minimum absolute atomic E-state index is 0.513. The number of anilines is 1. The van der Waals surface area contributed by atoms with E-state index in [-0.39, 0.29) is 0 Å². The molecule has 1 N–H and O–H groups in total. The summed E-state index contributed by atoms with van der Waals surface area (Å²) in [6.45, 7) is 2.63. The second-order valence-corrected chi connectivity index (χ2v) is 4.96. The second kappa shape index (κ2) is 6.66. The molecule has 1 nitrogen and oxygen atoms in total. The van der Waals surface area contributed by atoms with Crippen molar-refractivity contribution in [2.45, 2.75) is 32.5 Å². The summed E-state index contributed by atoms with van der Waals surface area (Å²) in [5.41, 5.74) is 2.48. The lowest BCUT2D eigenvalue weighted by Crippen LogP contribution is -2.06. The van der Waals surface area contributed by atoms with Gasteiger partial charge in [0.15, 0.2) is 0 Å². The molecule has 112 valence electrons. The molecule has 0 amide bonds. The van der Waals surface area contributed by atoms with Crippen molar-refractivity contribution in [3.8, 4) is 0 Å². The minimum atomic E-state index is -4.28. The highest BCUT2D eigenvalue weighted by atomic mass is 19.4. The molecule has 0 saturated heterocycles. The minimum Gasteiger partial charge on any atom is -0.381 e. The maximum absolute atomic E-state index is 12.5. The fourth-order valence-electron chi connectivity index (χ4n) is 2.19. The van der Waals surface area contributed by atoms with Crippen LogP contribution in [0, 0.1) is 0 Å². The van der Waals surface area contributed by atoms with Gasteiger partial charge in [0, 0.05) is 12.2 Å². The maximum Gasteiger partial charge on any atom is 0.416 e. The molecule has 0 aliphatic carbocycles. The second-order valence-electron chi connectivity index (χ2n) is 4.96. The van der Waals surface area contributed by atoms with E-state index in [1.165, 1.54) is 17.7 Å². The van der Waals surface area contributed by atoms with Gasteiger partial charge in [0.1, 0.15) is 0 Å². The van der Waals surface area contributed by atoms with Crippen molar-refractivity contribution in [1.29, 1.82) is 0 Å². The zero-order chi connectivity index (χ0) is 15.3. The highest BCUT2D eigenvalue weighted by Gasteiger charge is 2.29. The molecule has 0 heterocycles. The molecule has 2 aromatic rings. The van der Waals surface area contributed by atoms with Crippen molar-refractivity contribution in [1.82, 2.24) is 0 Å². The predicted octanol–water partition coefficient (Wildman–Crippen LogP) is 5.27. The predicted molar refractivity (Wildman–Crippen MR) is 79.2 cm³/mol. The Labute approximate surface area is 122 Å². The van der Waals surface area contributed by atoms with Crippen LogP contribution in [0.25, 0.3) is 0 Å². The lowest BCUT2D eigenvalue weighted by atomic mass is 10.1. The molecule has 0 spiro atoms. The summed E-state index contributed by atoms with van der Waals surface area (Å²) in [6.07, 6.45) is -2.24. The quantitative estimate of drug-likeness (QED) is 0.792. The monoisotopic (exact) mass is 293 g/mol. The van der Waals surface area contributed by atoms with E-state index in [2.05, 4.69) is 18.3 Å². The van der Waals surface area contributed by atoms with Gasteiger partial charge in [0.25, 0.3) is 0 Å². The number of halogens is 3. The van der Waals surface area contributed by atoms with Gasteiger partial charge in [-0.15, -0.1) is 0 Å². The van der Waals surface area contributed by atoms with E-state index in [0.29, 0.717) is 6.54 Å². The molecule has 2 rings (SSSR count). The molecule has 0 bridgehead atoms. The third-order valence-electron chi connectivity index (χ3n) is 3.30. The third-order valence-corrected chi connectivity index (χ3v) is 3.30. The molecular formula is C17H18F3N. The molecule has 4 heteroatoms. The molecule has 0 aliphatic heterocycles. The largest absolute Gasteiger partial charge is 0.416 e. The molecule has 21 heavy (non-hydrogen) atoms.